The van der Waals surface area contributed by atoms with Crippen molar-refractivity contribution in [2.45, 2.75) is 45.1 Å². The van der Waals surface area contributed by atoms with Crippen molar-refractivity contribution >= 4 is 17.2 Å². The van der Waals surface area contributed by atoms with E-state index < -0.39 is 17.8 Å². The van der Waals surface area contributed by atoms with Gasteiger partial charge in [-0.1, -0.05) is 30.3 Å². The summed E-state index contributed by atoms with van der Waals surface area (Å²) >= 11 is 1.30. The molecule has 0 fully saturated rings. The Morgan fingerprint density at radius 2 is 2.09 bits per heavy atom. The van der Waals surface area contributed by atoms with Crippen molar-refractivity contribution in [1.29, 1.82) is 5.26 Å². The van der Waals surface area contributed by atoms with Crippen molar-refractivity contribution in [2.75, 3.05) is 6.54 Å². The van der Waals surface area contributed by atoms with E-state index in [1.807, 2.05) is 0 Å². The van der Waals surface area contributed by atoms with Gasteiger partial charge < -0.3 is 10.6 Å². The number of carbonyl (C=O) groups excluding carboxylic acids is 1. The number of benzene rings is 1. The quantitative estimate of drug-likeness (QED) is 0.506. The maximum absolute atomic E-state index is 13.9. The van der Waals surface area contributed by atoms with Crippen LogP contribution in [0.2, 0.25) is 0 Å². The fourth-order valence-corrected chi connectivity index (χ4v) is 5.32. The first kappa shape index (κ1) is 24.7. The van der Waals surface area contributed by atoms with Crippen LogP contribution in [0, 0.1) is 11.3 Å². The van der Waals surface area contributed by atoms with Crippen LogP contribution in [0.25, 0.3) is 11.1 Å². The van der Waals surface area contributed by atoms with E-state index in [0.29, 0.717) is 29.1 Å². The Bertz CT molecular complexity index is 1320. The highest BCUT2D eigenvalue weighted by molar-refractivity contribution is 7.12. The molecule has 1 aliphatic heterocycles. The van der Waals surface area contributed by atoms with Gasteiger partial charge in [0.25, 0.3) is 0 Å². The summed E-state index contributed by atoms with van der Waals surface area (Å²) in [6.45, 7) is 4.36. The molecule has 182 valence electrons. The van der Waals surface area contributed by atoms with Crippen LogP contribution in [-0.4, -0.2) is 33.2 Å². The van der Waals surface area contributed by atoms with Crippen molar-refractivity contribution in [3.63, 3.8) is 0 Å². The lowest BCUT2D eigenvalue weighted by atomic mass is 9.83. The van der Waals surface area contributed by atoms with Gasteiger partial charge >= 0.3 is 6.18 Å². The summed E-state index contributed by atoms with van der Waals surface area (Å²) in [6.07, 6.45) is -0.189. The Labute approximate surface area is 205 Å². The van der Waals surface area contributed by atoms with Gasteiger partial charge in [0.15, 0.2) is 5.69 Å². The molecule has 0 spiro atoms. The SMILES string of the molecule is CCn1cc(-c2ccccc2[C@@H]2CN(C(=O)/C=C/[C@H](C)N)Cc3sc(C#N)cc32)c(C(F)(F)F)n1. The average Bonchev–Trinajstić information content (AvgIpc) is 3.46. The van der Waals surface area contributed by atoms with Gasteiger partial charge in [0.1, 0.15) is 10.9 Å². The molecule has 0 radical (unpaired) electrons. The molecule has 1 aromatic carbocycles. The van der Waals surface area contributed by atoms with E-state index in [4.69, 9.17) is 5.73 Å². The van der Waals surface area contributed by atoms with Gasteiger partial charge in [-0.25, -0.2) is 0 Å². The number of hydrogen-bond donors (Lipinski definition) is 1. The summed E-state index contributed by atoms with van der Waals surface area (Å²) < 4.78 is 42.9. The summed E-state index contributed by atoms with van der Waals surface area (Å²) in [4.78, 5) is 15.9. The number of nitriles is 1. The van der Waals surface area contributed by atoms with Crippen molar-refractivity contribution in [2.24, 2.45) is 5.73 Å². The summed E-state index contributed by atoms with van der Waals surface area (Å²) in [5.74, 6) is -0.649. The first-order valence-corrected chi connectivity index (χ1v) is 11.9. The largest absolute Gasteiger partial charge is 0.435 e. The van der Waals surface area contributed by atoms with Crippen molar-refractivity contribution < 1.29 is 18.0 Å². The van der Waals surface area contributed by atoms with Crippen LogP contribution in [0.5, 0.6) is 0 Å². The second kappa shape index (κ2) is 9.68. The zero-order valence-corrected chi connectivity index (χ0v) is 20.0. The van der Waals surface area contributed by atoms with E-state index in [1.165, 1.54) is 28.3 Å². The molecule has 3 heterocycles. The van der Waals surface area contributed by atoms with Crippen molar-refractivity contribution in [3.05, 3.63) is 75.3 Å². The average molecular weight is 500 g/mol. The van der Waals surface area contributed by atoms with E-state index in [9.17, 15) is 23.2 Å². The zero-order chi connectivity index (χ0) is 25.3. The lowest BCUT2D eigenvalue weighted by Gasteiger charge is -2.33. The number of fused-ring (bicyclic) bond motifs is 1. The number of alkyl halides is 3. The minimum atomic E-state index is -4.62. The van der Waals surface area contributed by atoms with Crippen LogP contribution in [-0.2, 0) is 24.1 Å². The normalized spacial score (nSPS) is 16.8. The van der Waals surface area contributed by atoms with Crippen molar-refractivity contribution in [3.8, 4) is 17.2 Å². The lowest BCUT2D eigenvalue weighted by molar-refractivity contribution is -0.141. The van der Waals surface area contributed by atoms with E-state index >= 15 is 0 Å². The molecule has 1 amide bonds. The minimum absolute atomic E-state index is 0.00691. The number of carbonyl (C=O) groups is 1. The first-order valence-electron chi connectivity index (χ1n) is 11.1. The molecular formula is C25H24F3N5OS. The fourth-order valence-electron chi connectivity index (χ4n) is 4.28. The molecular weight excluding hydrogens is 475 g/mol. The molecule has 10 heteroatoms. The van der Waals surface area contributed by atoms with Gasteiger partial charge in [0.2, 0.25) is 5.91 Å². The van der Waals surface area contributed by atoms with E-state index in [2.05, 4.69) is 11.2 Å². The molecule has 4 rings (SSSR count). The van der Waals surface area contributed by atoms with Crippen LogP contribution in [0.3, 0.4) is 0 Å². The van der Waals surface area contributed by atoms with Crippen LogP contribution in [0.4, 0.5) is 13.2 Å². The number of amides is 1. The third kappa shape index (κ3) is 5.01. The van der Waals surface area contributed by atoms with Crippen LogP contribution < -0.4 is 5.73 Å². The third-order valence-corrected chi connectivity index (χ3v) is 6.94. The van der Waals surface area contributed by atoms with Crippen molar-refractivity contribution in [1.82, 2.24) is 14.7 Å². The highest BCUT2D eigenvalue weighted by Gasteiger charge is 2.39. The van der Waals surface area contributed by atoms with Gasteiger partial charge in [-0.05, 0) is 36.6 Å². The maximum Gasteiger partial charge on any atom is 0.435 e. The molecule has 0 bridgehead atoms. The van der Waals surface area contributed by atoms with Crippen LogP contribution in [0.15, 0.2) is 48.7 Å². The molecule has 0 unspecified atom stereocenters. The Morgan fingerprint density at radius 1 is 1.34 bits per heavy atom. The predicted molar refractivity (Wildman–Crippen MR) is 127 cm³/mol. The highest BCUT2D eigenvalue weighted by atomic mass is 32.1. The van der Waals surface area contributed by atoms with Gasteiger partial charge in [-0.3, -0.25) is 9.48 Å². The van der Waals surface area contributed by atoms with Crippen LogP contribution >= 0.6 is 11.3 Å². The molecule has 0 saturated carbocycles. The fraction of sp³-hybridized carbons (Fsp3) is 0.320. The summed E-state index contributed by atoms with van der Waals surface area (Å²) in [5.41, 5.74) is 6.69. The minimum Gasteiger partial charge on any atom is -0.333 e. The number of nitrogens with two attached hydrogens (primary N) is 1. The number of aryl methyl sites for hydroxylation is 1. The van der Waals surface area contributed by atoms with Crippen LogP contribution in [0.1, 0.15) is 46.3 Å². The number of hydrogen-bond acceptors (Lipinski definition) is 5. The summed E-state index contributed by atoms with van der Waals surface area (Å²) in [5, 5.41) is 13.2. The lowest BCUT2D eigenvalue weighted by Crippen LogP contribution is -2.37. The molecule has 2 atom stereocenters. The van der Waals surface area contributed by atoms with E-state index in [0.717, 1.165) is 10.4 Å². The standard InChI is InChI=1S/C25H24F3N5OS/c1-3-33-13-21(24(31-33)25(26,27)28)18-7-5-4-6-17(18)20-12-32(23(34)9-8-15(2)30)14-22-19(20)10-16(11-29)35-22/h4-10,13,15,20H,3,12,14,30H2,1-2H3/b9-8+/t15-,20-/m0/s1. The Kier molecular flexibility index (Phi) is 6.83. The number of aromatic nitrogens is 2. The summed E-state index contributed by atoms with van der Waals surface area (Å²) in [7, 11) is 0. The molecule has 0 aliphatic carbocycles. The second-order valence-electron chi connectivity index (χ2n) is 8.42. The molecule has 3 aromatic rings. The van der Waals surface area contributed by atoms with Gasteiger partial charge in [0.05, 0.1) is 6.54 Å². The third-order valence-electron chi connectivity index (χ3n) is 5.90. The second-order valence-corrected chi connectivity index (χ2v) is 9.56. The Hall–Kier alpha value is -3.42. The molecule has 6 nitrogen and oxygen atoms in total. The molecule has 35 heavy (non-hydrogen) atoms. The first-order chi connectivity index (χ1) is 16.6. The molecule has 2 N–H and O–H groups in total. The molecule has 1 aliphatic rings. The maximum atomic E-state index is 13.9. The van der Waals surface area contributed by atoms with E-state index in [1.54, 1.807) is 55.2 Å². The topological polar surface area (TPSA) is 87.9 Å². The van der Waals surface area contributed by atoms with Gasteiger partial charge in [0, 0.05) is 47.8 Å². The van der Waals surface area contributed by atoms with Gasteiger partial charge in [-0.2, -0.15) is 23.5 Å². The predicted octanol–water partition coefficient (Wildman–Crippen LogP) is 4.90. The Morgan fingerprint density at radius 3 is 2.74 bits per heavy atom. The highest BCUT2D eigenvalue weighted by Crippen LogP contribution is 2.44. The number of nitrogens with zero attached hydrogens (tertiary/aromatic N) is 4. The zero-order valence-electron chi connectivity index (χ0n) is 19.2. The monoisotopic (exact) mass is 499 g/mol. The number of thiophene rings is 1. The number of halogens is 3. The Balaban J connectivity index is 1.85. The number of rotatable bonds is 5. The smallest absolute Gasteiger partial charge is 0.333 e. The molecule has 2 aromatic heterocycles. The summed E-state index contributed by atoms with van der Waals surface area (Å²) in [6, 6.07) is 10.5. The molecule has 0 saturated heterocycles. The van der Waals surface area contributed by atoms with E-state index in [-0.39, 0.29) is 24.1 Å². The van der Waals surface area contributed by atoms with Gasteiger partial charge in [-0.15, -0.1) is 11.3 Å².